The number of nitrogens with zero attached hydrogens (tertiary/aromatic N) is 1. The Hall–Kier alpha value is -0.570. The number of piperidine rings is 1. The molecule has 0 bridgehead atoms. The highest BCUT2D eigenvalue weighted by atomic mass is 16.4. The van der Waals surface area contributed by atoms with E-state index < -0.39 is 5.97 Å². The molecule has 1 aliphatic rings. The zero-order chi connectivity index (χ0) is 8.48. The summed E-state index contributed by atoms with van der Waals surface area (Å²) in [6.07, 6.45) is 3.07. The van der Waals surface area contributed by atoms with Crippen molar-refractivity contribution in [2.24, 2.45) is 0 Å². The van der Waals surface area contributed by atoms with E-state index >= 15 is 0 Å². The zero-order valence-electron chi connectivity index (χ0n) is 7.21. The third kappa shape index (κ3) is 1.71. The summed E-state index contributed by atoms with van der Waals surface area (Å²) in [5.41, 5.74) is 0. The number of aliphatic carboxylic acids is 1. The molecule has 0 aromatic carbocycles. The van der Waals surface area contributed by atoms with Crippen molar-refractivity contribution >= 4 is 5.97 Å². The van der Waals surface area contributed by atoms with Gasteiger partial charge in [0.2, 0.25) is 0 Å². The summed E-state index contributed by atoms with van der Waals surface area (Å²) in [5, 5.41) is 8.86. The second kappa shape index (κ2) is 2.81. The minimum atomic E-state index is -0.644. The van der Waals surface area contributed by atoms with E-state index in [1.54, 1.807) is 0 Å². The number of hydrogen-bond donors (Lipinski definition) is 1. The van der Waals surface area contributed by atoms with E-state index in [0.29, 0.717) is 4.48 Å². The lowest BCUT2D eigenvalue weighted by atomic mass is 10.0. The van der Waals surface area contributed by atoms with Crippen molar-refractivity contribution in [1.29, 1.82) is 0 Å². The Morgan fingerprint density at radius 2 is 2.09 bits per heavy atom. The fraction of sp³-hybridized carbons (Fsp3) is 0.875. The summed E-state index contributed by atoms with van der Waals surface area (Å²) < 4.78 is 0.648. The van der Waals surface area contributed by atoms with Crippen LogP contribution in [0, 0.1) is 0 Å². The lowest BCUT2D eigenvalue weighted by molar-refractivity contribution is -0.911. The number of quaternary nitrogens is 1. The zero-order valence-corrected chi connectivity index (χ0v) is 7.21. The molecule has 64 valence electrons. The fourth-order valence-electron chi connectivity index (χ4n) is 1.78. The van der Waals surface area contributed by atoms with Gasteiger partial charge >= 0.3 is 5.97 Å². The Kier molecular flexibility index (Phi) is 2.18. The van der Waals surface area contributed by atoms with Gasteiger partial charge in [-0.3, -0.25) is 0 Å². The smallest absolute Gasteiger partial charge is 0.362 e. The molecule has 1 fully saturated rings. The van der Waals surface area contributed by atoms with Crippen LogP contribution in [-0.4, -0.2) is 42.2 Å². The third-order valence-corrected chi connectivity index (χ3v) is 2.59. The first-order valence-electron chi connectivity index (χ1n) is 4.09. The van der Waals surface area contributed by atoms with Crippen molar-refractivity contribution in [3.05, 3.63) is 0 Å². The second-order valence-corrected chi connectivity index (χ2v) is 3.85. The summed E-state index contributed by atoms with van der Waals surface area (Å²) in [6, 6.07) is -0.177. The number of likely N-dealkylation sites (N-methyl/N-ethyl adjacent to an activating group) is 1. The molecule has 3 heteroatoms. The lowest BCUT2D eigenvalue weighted by Gasteiger charge is -2.38. The summed E-state index contributed by atoms with van der Waals surface area (Å²) in [6.45, 7) is 0.997. The first-order chi connectivity index (χ1) is 5.04. The minimum Gasteiger partial charge on any atom is -0.477 e. The molecule has 1 aliphatic heterocycles. The van der Waals surface area contributed by atoms with Gasteiger partial charge in [0.1, 0.15) is 0 Å². The van der Waals surface area contributed by atoms with Crippen LogP contribution < -0.4 is 0 Å². The number of carbonyl (C=O) groups is 1. The highest BCUT2D eigenvalue weighted by Crippen LogP contribution is 2.21. The number of rotatable bonds is 1. The summed E-state index contributed by atoms with van der Waals surface area (Å²) in [7, 11) is 4.00. The molecule has 1 rings (SSSR count). The van der Waals surface area contributed by atoms with Gasteiger partial charge in [0.05, 0.1) is 20.6 Å². The Morgan fingerprint density at radius 1 is 1.45 bits per heavy atom. The molecule has 1 saturated heterocycles. The maximum atomic E-state index is 10.8. The molecule has 0 aromatic rings. The Bertz CT molecular complexity index is 165. The molecule has 0 amide bonds. The van der Waals surface area contributed by atoms with E-state index in [-0.39, 0.29) is 6.04 Å². The normalized spacial score (nSPS) is 29.8. The topological polar surface area (TPSA) is 37.3 Å². The first-order valence-corrected chi connectivity index (χ1v) is 4.09. The van der Waals surface area contributed by atoms with Gasteiger partial charge in [0, 0.05) is 6.42 Å². The number of carboxylic acids is 1. The van der Waals surface area contributed by atoms with Gasteiger partial charge in [0.25, 0.3) is 0 Å². The van der Waals surface area contributed by atoms with E-state index in [0.717, 1.165) is 25.8 Å². The number of likely N-dealkylation sites (tertiary alicyclic amines) is 1. The summed E-state index contributed by atoms with van der Waals surface area (Å²) in [4.78, 5) is 10.8. The van der Waals surface area contributed by atoms with Gasteiger partial charge in [0.15, 0.2) is 6.04 Å². The van der Waals surface area contributed by atoms with Crippen LogP contribution in [-0.2, 0) is 4.79 Å². The van der Waals surface area contributed by atoms with Gasteiger partial charge in [-0.25, -0.2) is 4.79 Å². The van der Waals surface area contributed by atoms with E-state index in [1.165, 1.54) is 0 Å². The van der Waals surface area contributed by atoms with Crippen molar-refractivity contribution in [1.82, 2.24) is 0 Å². The average Bonchev–Trinajstić information content (AvgIpc) is 1.85. The van der Waals surface area contributed by atoms with Crippen molar-refractivity contribution < 1.29 is 14.4 Å². The molecule has 11 heavy (non-hydrogen) atoms. The first kappa shape index (κ1) is 8.53. The van der Waals surface area contributed by atoms with Crippen molar-refractivity contribution in [2.45, 2.75) is 25.3 Å². The van der Waals surface area contributed by atoms with Crippen LogP contribution in [0.25, 0.3) is 0 Å². The molecule has 0 aliphatic carbocycles. The molecule has 0 aromatic heterocycles. The fourth-order valence-corrected chi connectivity index (χ4v) is 1.78. The summed E-state index contributed by atoms with van der Waals surface area (Å²) >= 11 is 0. The molecule has 1 atom stereocenters. The number of carboxylic acid groups (broad SMARTS) is 1. The standard InChI is InChI=1S/C8H15NO2/c1-9(2)6-4-3-5-7(9)8(10)11/h7H,3-6H2,1-2H3/p+1/t7-/m0/s1. The predicted octanol–water partition coefficient (Wildman–Crippen LogP) is 0.700. The molecular formula is C8H16NO2+. The minimum absolute atomic E-state index is 0.177. The van der Waals surface area contributed by atoms with Crippen LogP contribution in [0.4, 0.5) is 0 Å². The lowest BCUT2D eigenvalue weighted by Crippen LogP contribution is -2.55. The van der Waals surface area contributed by atoms with E-state index in [4.69, 9.17) is 5.11 Å². The van der Waals surface area contributed by atoms with Crippen LogP contribution in [0.1, 0.15) is 19.3 Å². The second-order valence-electron chi connectivity index (χ2n) is 3.85. The molecule has 0 unspecified atom stereocenters. The van der Waals surface area contributed by atoms with Crippen LogP contribution in [0.3, 0.4) is 0 Å². The van der Waals surface area contributed by atoms with Crippen molar-refractivity contribution in [2.75, 3.05) is 20.6 Å². The molecule has 3 nitrogen and oxygen atoms in total. The maximum Gasteiger partial charge on any atom is 0.362 e. The Labute approximate surface area is 67.2 Å². The SMILES string of the molecule is C[N+]1(C)CCCC[C@H]1C(=O)O. The van der Waals surface area contributed by atoms with Gasteiger partial charge in [-0.15, -0.1) is 0 Å². The van der Waals surface area contributed by atoms with Crippen LogP contribution in [0.5, 0.6) is 0 Å². The van der Waals surface area contributed by atoms with E-state index in [2.05, 4.69) is 0 Å². The Balaban J connectivity index is 2.67. The van der Waals surface area contributed by atoms with Crippen LogP contribution in [0.15, 0.2) is 0 Å². The number of hydrogen-bond acceptors (Lipinski definition) is 1. The molecular weight excluding hydrogens is 142 g/mol. The summed E-state index contributed by atoms with van der Waals surface area (Å²) in [5.74, 6) is -0.644. The Morgan fingerprint density at radius 3 is 2.45 bits per heavy atom. The highest BCUT2D eigenvalue weighted by molar-refractivity contribution is 5.72. The quantitative estimate of drug-likeness (QED) is 0.570. The third-order valence-electron chi connectivity index (χ3n) is 2.59. The molecule has 0 saturated carbocycles. The predicted molar refractivity (Wildman–Crippen MR) is 42.3 cm³/mol. The highest BCUT2D eigenvalue weighted by Gasteiger charge is 2.36. The average molecular weight is 158 g/mol. The molecule has 1 heterocycles. The monoisotopic (exact) mass is 158 g/mol. The van der Waals surface area contributed by atoms with Crippen LogP contribution >= 0.6 is 0 Å². The van der Waals surface area contributed by atoms with Crippen molar-refractivity contribution in [3.8, 4) is 0 Å². The van der Waals surface area contributed by atoms with Gasteiger partial charge in [-0.2, -0.15) is 0 Å². The van der Waals surface area contributed by atoms with Crippen molar-refractivity contribution in [3.63, 3.8) is 0 Å². The largest absolute Gasteiger partial charge is 0.477 e. The molecule has 0 radical (unpaired) electrons. The van der Waals surface area contributed by atoms with Gasteiger partial charge in [-0.05, 0) is 12.8 Å². The van der Waals surface area contributed by atoms with E-state index in [9.17, 15) is 4.79 Å². The molecule has 0 spiro atoms. The van der Waals surface area contributed by atoms with Crippen LogP contribution in [0.2, 0.25) is 0 Å². The van der Waals surface area contributed by atoms with Gasteiger partial charge < -0.3 is 9.59 Å². The molecule has 1 N–H and O–H groups in total. The van der Waals surface area contributed by atoms with E-state index in [1.807, 2.05) is 14.1 Å². The maximum absolute atomic E-state index is 10.8. The van der Waals surface area contributed by atoms with Gasteiger partial charge in [-0.1, -0.05) is 0 Å².